The summed E-state index contributed by atoms with van der Waals surface area (Å²) in [5, 5.41) is 18.1. The maximum atomic E-state index is 9.22. The number of fused-ring (bicyclic) bond motifs is 1. The van der Waals surface area contributed by atoms with Crippen LogP contribution in [0.4, 0.5) is 11.4 Å². The number of thiophene rings is 1. The Bertz CT molecular complexity index is 571. The second-order valence-corrected chi connectivity index (χ2v) is 5.30. The monoisotopic (exact) mass is 255 g/mol. The molecule has 0 spiro atoms. The largest absolute Gasteiger partial charge is 0.376 e. The highest BCUT2D eigenvalue weighted by atomic mass is 32.1. The van der Waals surface area contributed by atoms with Crippen molar-refractivity contribution in [1.82, 2.24) is 0 Å². The highest BCUT2D eigenvalue weighted by Crippen LogP contribution is 2.34. The van der Waals surface area contributed by atoms with E-state index in [2.05, 4.69) is 28.1 Å². The summed E-state index contributed by atoms with van der Waals surface area (Å²) >= 11 is 1.73. The zero-order valence-corrected chi connectivity index (χ0v) is 10.6. The van der Waals surface area contributed by atoms with Crippen LogP contribution in [0, 0.1) is 11.3 Å². The standard InChI is InChI=1S/C14H13N3S/c15-9-10-8-13(14-6-3-7-18-14)17-12-5-2-1-4-11(12)16-10/h1-7,10,13,16-17H,8H2/t10-,13+/m0/s1. The Hall–Kier alpha value is -1.99. The second-order valence-electron chi connectivity index (χ2n) is 4.32. The first-order valence-electron chi connectivity index (χ1n) is 5.92. The minimum atomic E-state index is -0.159. The van der Waals surface area contributed by atoms with E-state index in [0.29, 0.717) is 0 Å². The summed E-state index contributed by atoms with van der Waals surface area (Å²) in [6, 6.07) is 14.6. The van der Waals surface area contributed by atoms with Crippen molar-refractivity contribution in [3.63, 3.8) is 0 Å². The topological polar surface area (TPSA) is 47.9 Å². The number of nitrogens with zero attached hydrogens (tertiary/aromatic N) is 1. The van der Waals surface area contributed by atoms with E-state index >= 15 is 0 Å². The van der Waals surface area contributed by atoms with Gasteiger partial charge in [0.25, 0.3) is 0 Å². The molecule has 18 heavy (non-hydrogen) atoms. The number of hydrogen-bond donors (Lipinski definition) is 2. The van der Waals surface area contributed by atoms with Crippen molar-refractivity contribution in [3.05, 3.63) is 46.7 Å². The third-order valence-corrected chi connectivity index (χ3v) is 4.09. The van der Waals surface area contributed by atoms with Gasteiger partial charge in [0, 0.05) is 11.3 Å². The molecule has 2 heterocycles. The lowest BCUT2D eigenvalue weighted by Crippen LogP contribution is -2.19. The lowest BCUT2D eigenvalue weighted by atomic mass is 10.1. The molecule has 0 amide bonds. The molecule has 2 atom stereocenters. The molecule has 3 nitrogen and oxygen atoms in total. The summed E-state index contributed by atoms with van der Waals surface area (Å²) in [7, 11) is 0. The number of rotatable bonds is 1. The highest BCUT2D eigenvalue weighted by molar-refractivity contribution is 7.10. The van der Waals surface area contributed by atoms with Gasteiger partial charge >= 0.3 is 0 Å². The van der Waals surface area contributed by atoms with Crippen molar-refractivity contribution < 1.29 is 0 Å². The molecule has 0 unspecified atom stereocenters. The average molecular weight is 255 g/mol. The fraction of sp³-hybridized carbons (Fsp3) is 0.214. The van der Waals surface area contributed by atoms with Crippen LogP contribution in [0.2, 0.25) is 0 Å². The van der Waals surface area contributed by atoms with E-state index in [0.717, 1.165) is 17.8 Å². The van der Waals surface area contributed by atoms with Crippen molar-refractivity contribution in [1.29, 1.82) is 5.26 Å². The summed E-state index contributed by atoms with van der Waals surface area (Å²) in [5.74, 6) is 0. The van der Waals surface area contributed by atoms with E-state index in [1.54, 1.807) is 11.3 Å². The van der Waals surface area contributed by atoms with Gasteiger partial charge in [-0.05, 0) is 23.6 Å². The summed E-state index contributed by atoms with van der Waals surface area (Å²) in [6.45, 7) is 0. The van der Waals surface area contributed by atoms with Crippen LogP contribution < -0.4 is 10.6 Å². The molecule has 1 aromatic heterocycles. The molecule has 1 aromatic carbocycles. The van der Waals surface area contributed by atoms with Crippen molar-refractivity contribution in [2.24, 2.45) is 0 Å². The molecule has 0 saturated carbocycles. The summed E-state index contributed by atoms with van der Waals surface area (Å²) in [5.41, 5.74) is 2.07. The van der Waals surface area contributed by atoms with Crippen LogP contribution in [-0.4, -0.2) is 6.04 Å². The van der Waals surface area contributed by atoms with Gasteiger partial charge in [-0.15, -0.1) is 11.3 Å². The molecule has 0 bridgehead atoms. The zero-order valence-electron chi connectivity index (χ0n) is 9.76. The van der Waals surface area contributed by atoms with Crippen LogP contribution in [0.5, 0.6) is 0 Å². The fourth-order valence-electron chi connectivity index (χ4n) is 2.23. The Morgan fingerprint density at radius 2 is 1.89 bits per heavy atom. The minimum absolute atomic E-state index is 0.159. The van der Waals surface area contributed by atoms with E-state index in [1.807, 2.05) is 30.3 Å². The van der Waals surface area contributed by atoms with Crippen LogP contribution in [-0.2, 0) is 0 Å². The van der Waals surface area contributed by atoms with Crippen molar-refractivity contribution in [3.8, 4) is 6.07 Å². The molecule has 1 aliphatic heterocycles. The summed E-state index contributed by atoms with van der Waals surface area (Å²) in [6.07, 6.45) is 0.770. The van der Waals surface area contributed by atoms with Gasteiger partial charge in [-0.2, -0.15) is 5.26 Å². The van der Waals surface area contributed by atoms with Gasteiger partial charge in [0.2, 0.25) is 0 Å². The maximum absolute atomic E-state index is 9.22. The molecule has 4 heteroatoms. The Balaban J connectivity index is 1.97. The first-order chi connectivity index (χ1) is 8.86. The zero-order chi connectivity index (χ0) is 12.4. The molecule has 3 rings (SSSR count). The molecular formula is C14H13N3S. The van der Waals surface area contributed by atoms with Gasteiger partial charge in [-0.3, -0.25) is 0 Å². The van der Waals surface area contributed by atoms with Crippen LogP contribution in [0.3, 0.4) is 0 Å². The Labute approximate surface area is 110 Å². The van der Waals surface area contributed by atoms with Gasteiger partial charge in [0.1, 0.15) is 6.04 Å². The van der Waals surface area contributed by atoms with Crippen LogP contribution in [0.15, 0.2) is 41.8 Å². The first kappa shape index (κ1) is 11.1. The number of nitriles is 1. The molecule has 0 aliphatic carbocycles. The predicted molar refractivity (Wildman–Crippen MR) is 74.8 cm³/mol. The van der Waals surface area contributed by atoms with Gasteiger partial charge in [-0.1, -0.05) is 18.2 Å². The number of anilines is 2. The SMILES string of the molecule is N#C[C@@H]1C[C@H](c2cccs2)Nc2ccccc2N1. The van der Waals surface area contributed by atoms with E-state index in [-0.39, 0.29) is 12.1 Å². The summed E-state index contributed by atoms with van der Waals surface area (Å²) in [4.78, 5) is 1.27. The fourth-order valence-corrected chi connectivity index (χ4v) is 3.02. The second kappa shape index (κ2) is 4.71. The van der Waals surface area contributed by atoms with E-state index in [1.165, 1.54) is 4.88 Å². The van der Waals surface area contributed by atoms with Crippen molar-refractivity contribution in [2.45, 2.75) is 18.5 Å². The smallest absolute Gasteiger partial charge is 0.116 e. The third-order valence-electron chi connectivity index (χ3n) is 3.10. The lowest BCUT2D eigenvalue weighted by Gasteiger charge is -2.16. The van der Waals surface area contributed by atoms with Crippen LogP contribution in [0.1, 0.15) is 17.3 Å². The van der Waals surface area contributed by atoms with E-state index in [9.17, 15) is 5.26 Å². The number of para-hydroxylation sites is 2. The van der Waals surface area contributed by atoms with E-state index in [4.69, 9.17) is 0 Å². The van der Waals surface area contributed by atoms with Crippen molar-refractivity contribution in [2.75, 3.05) is 10.6 Å². The normalized spacial score (nSPS) is 21.9. The molecule has 0 radical (unpaired) electrons. The molecular weight excluding hydrogens is 242 g/mol. The first-order valence-corrected chi connectivity index (χ1v) is 6.80. The summed E-state index contributed by atoms with van der Waals surface area (Å²) < 4.78 is 0. The quantitative estimate of drug-likeness (QED) is 0.818. The number of benzene rings is 1. The molecule has 90 valence electrons. The van der Waals surface area contributed by atoms with Gasteiger partial charge in [0.15, 0.2) is 0 Å². The van der Waals surface area contributed by atoms with Crippen LogP contribution in [0.25, 0.3) is 0 Å². The molecule has 0 saturated heterocycles. The lowest BCUT2D eigenvalue weighted by molar-refractivity contribution is 0.685. The predicted octanol–water partition coefficient (Wildman–Crippen LogP) is 3.61. The van der Waals surface area contributed by atoms with Crippen LogP contribution >= 0.6 is 11.3 Å². The van der Waals surface area contributed by atoms with Gasteiger partial charge in [0.05, 0.1) is 23.5 Å². The van der Waals surface area contributed by atoms with E-state index < -0.39 is 0 Å². The minimum Gasteiger partial charge on any atom is -0.376 e. The Kier molecular flexibility index (Phi) is 2.91. The molecule has 2 aromatic rings. The number of hydrogen-bond acceptors (Lipinski definition) is 4. The molecule has 0 fully saturated rings. The molecule has 2 N–H and O–H groups in total. The van der Waals surface area contributed by atoms with Crippen molar-refractivity contribution >= 4 is 22.7 Å². The average Bonchev–Trinajstić information content (AvgIpc) is 2.86. The third kappa shape index (κ3) is 2.05. The Morgan fingerprint density at radius 3 is 2.56 bits per heavy atom. The number of nitrogens with one attached hydrogen (secondary N) is 2. The van der Waals surface area contributed by atoms with Gasteiger partial charge < -0.3 is 10.6 Å². The van der Waals surface area contributed by atoms with Gasteiger partial charge in [-0.25, -0.2) is 0 Å². The maximum Gasteiger partial charge on any atom is 0.116 e. The highest BCUT2D eigenvalue weighted by Gasteiger charge is 2.23. The molecule has 1 aliphatic rings. The Morgan fingerprint density at radius 1 is 1.11 bits per heavy atom.